The van der Waals surface area contributed by atoms with Crippen molar-refractivity contribution in [2.45, 2.75) is 25.2 Å². The minimum Gasteiger partial charge on any atom is -0.493 e. The normalized spacial score (nSPS) is 11.3. The lowest BCUT2D eigenvalue weighted by atomic mass is 10.1. The molecule has 1 heterocycles. The van der Waals surface area contributed by atoms with E-state index in [2.05, 4.69) is 10.3 Å². The molecule has 3 rings (SSSR count). The van der Waals surface area contributed by atoms with Crippen molar-refractivity contribution in [3.8, 4) is 29.0 Å². The van der Waals surface area contributed by atoms with Crippen molar-refractivity contribution < 1.29 is 22.3 Å². The van der Waals surface area contributed by atoms with Crippen molar-refractivity contribution in [2.75, 3.05) is 39.2 Å². The summed E-state index contributed by atoms with van der Waals surface area (Å²) in [6.07, 6.45) is 0.652. The van der Waals surface area contributed by atoms with E-state index in [1.54, 1.807) is 40.2 Å². The van der Waals surface area contributed by atoms with Crippen LogP contribution in [0.1, 0.15) is 25.1 Å². The average molecular weight is 485 g/mol. The Morgan fingerprint density at radius 1 is 1.06 bits per heavy atom. The second-order valence-electron chi connectivity index (χ2n) is 7.29. The molecule has 0 bridgehead atoms. The van der Waals surface area contributed by atoms with Gasteiger partial charge in [-0.3, -0.25) is 0 Å². The number of benzene rings is 2. The molecule has 34 heavy (non-hydrogen) atoms. The summed E-state index contributed by atoms with van der Waals surface area (Å²) < 4.78 is 43.1. The van der Waals surface area contributed by atoms with Gasteiger partial charge in [0.05, 0.1) is 19.1 Å². The number of rotatable bonds is 11. The molecule has 0 aliphatic carbocycles. The van der Waals surface area contributed by atoms with Gasteiger partial charge < -0.3 is 19.2 Å². The maximum atomic E-state index is 12.7. The number of aromatic nitrogens is 1. The molecule has 0 saturated carbocycles. The number of anilines is 1. The highest BCUT2D eigenvalue weighted by Gasteiger charge is 2.22. The summed E-state index contributed by atoms with van der Waals surface area (Å²) >= 11 is 0. The second-order valence-corrected chi connectivity index (χ2v) is 9.23. The molecule has 1 N–H and O–H groups in total. The zero-order chi connectivity index (χ0) is 24.7. The molecule has 0 saturated heterocycles. The molecular formula is C24H28N4O5S. The van der Waals surface area contributed by atoms with E-state index in [9.17, 15) is 13.7 Å². The van der Waals surface area contributed by atoms with Gasteiger partial charge in [-0.05, 0) is 48.4 Å². The number of oxazole rings is 1. The predicted molar refractivity (Wildman–Crippen MR) is 129 cm³/mol. The van der Waals surface area contributed by atoms with Crippen LogP contribution in [0.4, 0.5) is 5.88 Å². The molecule has 0 radical (unpaired) electrons. The summed E-state index contributed by atoms with van der Waals surface area (Å²) in [6, 6.07) is 14.0. The maximum absolute atomic E-state index is 12.7. The topological polar surface area (TPSA) is 118 Å². The quantitative estimate of drug-likeness (QED) is 0.435. The molecule has 0 aliphatic rings. The highest BCUT2D eigenvalue weighted by atomic mass is 32.2. The van der Waals surface area contributed by atoms with Crippen LogP contribution in [-0.4, -0.2) is 51.6 Å². The van der Waals surface area contributed by atoms with Crippen LogP contribution in [0.3, 0.4) is 0 Å². The van der Waals surface area contributed by atoms with Crippen molar-refractivity contribution in [3.05, 3.63) is 53.7 Å². The van der Waals surface area contributed by atoms with E-state index >= 15 is 0 Å². The zero-order valence-electron chi connectivity index (χ0n) is 19.7. The van der Waals surface area contributed by atoms with Crippen LogP contribution in [-0.2, 0) is 16.4 Å². The number of hydrogen-bond donors (Lipinski definition) is 1. The van der Waals surface area contributed by atoms with Crippen LogP contribution in [0.15, 0.2) is 51.8 Å². The average Bonchev–Trinajstić information content (AvgIpc) is 3.27. The standard InChI is InChI=1S/C24H28N4O5S/c1-5-28(6-2)34(29,30)19-10-8-18(9-11-19)23-27-20(16-25)24(33-23)26-14-13-17-7-12-21(31-3)22(15-17)32-4/h7-12,15,26H,5-6,13-14H2,1-4H3. The van der Waals surface area contributed by atoms with Gasteiger partial charge in [-0.25, -0.2) is 8.42 Å². The highest BCUT2D eigenvalue weighted by molar-refractivity contribution is 7.89. The molecule has 3 aromatic rings. The van der Waals surface area contributed by atoms with E-state index in [0.29, 0.717) is 43.1 Å². The number of ether oxygens (including phenoxy) is 2. The zero-order valence-corrected chi connectivity index (χ0v) is 20.5. The van der Waals surface area contributed by atoms with E-state index in [-0.39, 0.29) is 22.4 Å². The highest BCUT2D eigenvalue weighted by Crippen LogP contribution is 2.29. The first kappa shape index (κ1) is 25.1. The molecule has 1 aromatic heterocycles. The summed E-state index contributed by atoms with van der Waals surface area (Å²) in [4.78, 5) is 4.44. The molecule has 0 aliphatic heterocycles. The first-order valence-corrected chi connectivity index (χ1v) is 12.3. The Morgan fingerprint density at radius 2 is 1.74 bits per heavy atom. The molecule has 10 heteroatoms. The van der Waals surface area contributed by atoms with Crippen LogP contribution in [0.25, 0.3) is 11.5 Å². The number of nitrogens with zero attached hydrogens (tertiary/aromatic N) is 3. The molecule has 0 atom stereocenters. The van der Waals surface area contributed by atoms with Gasteiger partial charge in [0.1, 0.15) is 6.07 Å². The smallest absolute Gasteiger partial charge is 0.243 e. The predicted octanol–water partition coefficient (Wildman–Crippen LogP) is 3.92. The first-order valence-electron chi connectivity index (χ1n) is 10.8. The van der Waals surface area contributed by atoms with Crippen molar-refractivity contribution >= 4 is 15.9 Å². The van der Waals surface area contributed by atoms with E-state index in [4.69, 9.17) is 13.9 Å². The summed E-state index contributed by atoms with van der Waals surface area (Å²) in [7, 11) is -0.386. The van der Waals surface area contributed by atoms with Gasteiger partial charge in [0.2, 0.25) is 27.5 Å². The molecule has 180 valence electrons. The lowest BCUT2D eigenvalue weighted by Crippen LogP contribution is -2.30. The Labute approximate surface area is 200 Å². The van der Waals surface area contributed by atoms with Crippen LogP contribution >= 0.6 is 0 Å². The van der Waals surface area contributed by atoms with Crippen molar-refractivity contribution in [2.24, 2.45) is 0 Å². The minimum atomic E-state index is -3.55. The summed E-state index contributed by atoms with van der Waals surface area (Å²) in [5.41, 5.74) is 1.72. The van der Waals surface area contributed by atoms with Gasteiger partial charge in [0, 0.05) is 25.2 Å². The van der Waals surface area contributed by atoms with Crippen molar-refractivity contribution in [3.63, 3.8) is 0 Å². The lowest BCUT2D eigenvalue weighted by Gasteiger charge is -2.18. The number of nitrogens with one attached hydrogen (secondary N) is 1. The second kappa shape index (κ2) is 11.0. The minimum absolute atomic E-state index is 0.127. The fraction of sp³-hybridized carbons (Fsp3) is 0.333. The number of hydrogen-bond acceptors (Lipinski definition) is 8. The van der Waals surface area contributed by atoms with Crippen LogP contribution < -0.4 is 14.8 Å². The van der Waals surface area contributed by atoms with Gasteiger partial charge in [-0.15, -0.1) is 0 Å². The fourth-order valence-electron chi connectivity index (χ4n) is 3.48. The third-order valence-electron chi connectivity index (χ3n) is 5.32. The SMILES string of the molecule is CCN(CC)S(=O)(=O)c1ccc(-c2nc(C#N)c(NCCc3ccc(OC)c(OC)c3)o2)cc1. The van der Waals surface area contributed by atoms with Crippen molar-refractivity contribution in [1.29, 1.82) is 5.26 Å². The molecule has 0 spiro atoms. The molecular weight excluding hydrogens is 456 g/mol. The van der Waals surface area contributed by atoms with E-state index in [0.717, 1.165) is 5.56 Å². The summed E-state index contributed by atoms with van der Waals surface area (Å²) in [5, 5.41) is 12.6. The maximum Gasteiger partial charge on any atom is 0.243 e. The first-order chi connectivity index (χ1) is 16.4. The van der Waals surface area contributed by atoms with Crippen LogP contribution in [0.5, 0.6) is 11.5 Å². The van der Waals surface area contributed by atoms with Crippen molar-refractivity contribution in [1.82, 2.24) is 9.29 Å². The summed E-state index contributed by atoms with van der Waals surface area (Å²) in [5.74, 6) is 1.79. The van der Waals surface area contributed by atoms with Gasteiger partial charge in [0.25, 0.3) is 0 Å². The Hall–Kier alpha value is -3.55. The monoisotopic (exact) mass is 484 g/mol. The number of sulfonamides is 1. The van der Waals surface area contributed by atoms with Crippen LogP contribution in [0, 0.1) is 11.3 Å². The third kappa shape index (κ3) is 5.32. The third-order valence-corrected chi connectivity index (χ3v) is 7.39. The Bertz CT molecular complexity index is 1260. The van der Waals surface area contributed by atoms with Gasteiger partial charge >= 0.3 is 0 Å². The number of nitriles is 1. The van der Waals surface area contributed by atoms with Gasteiger partial charge in [0.15, 0.2) is 11.5 Å². The number of methoxy groups -OCH3 is 2. The Morgan fingerprint density at radius 3 is 2.32 bits per heavy atom. The molecule has 0 amide bonds. The Balaban J connectivity index is 1.73. The Kier molecular flexibility index (Phi) is 8.15. The van der Waals surface area contributed by atoms with Crippen LogP contribution in [0.2, 0.25) is 0 Å². The fourth-order valence-corrected chi connectivity index (χ4v) is 4.94. The summed E-state index contributed by atoms with van der Waals surface area (Å²) in [6.45, 7) is 4.88. The molecule has 9 nitrogen and oxygen atoms in total. The van der Waals surface area contributed by atoms with E-state index in [1.165, 1.54) is 16.4 Å². The lowest BCUT2D eigenvalue weighted by molar-refractivity contribution is 0.354. The largest absolute Gasteiger partial charge is 0.493 e. The molecule has 0 unspecified atom stereocenters. The van der Waals surface area contributed by atoms with E-state index in [1.807, 2.05) is 24.3 Å². The van der Waals surface area contributed by atoms with Gasteiger partial charge in [-0.1, -0.05) is 19.9 Å². The van der Waals surface area contributed by atoms with Gasteiger partial charge in [-0.2, -0.15) is 14.6 Å². The molecule has 2 aromatic carbocycles. The van der Waals surface area contributed by atoms with E-state index < -0.39 is 10.0 Å². The molecule has 0 fully saturated rings.